The van der Waals surface area contributed by atoms with Crippen molar-refractivity contribution < 1.29 is 10.2 Å². The van der Waals surface area contributed by atoms with Gasteiger partial charge in [0.05, 0.1) is 8.95 Å². The van der Waals surface area contributed by atoms with Gasteiger partial charge < -0.3 is 10.2 Å². The lowest BCUT2D eigenvalue weighted by Gasteiger charge is -2.27. The molecule has 0 aliphatic rings. The van der Waals surface area contributed by atoms with Gasteiger partial charge in [-0.2, -0.15) is 0 Å². The zero-order chi connectivity index (χ0) is 16.3. The van der Waals surface area contributed by atoms with Crippen LogP contribution in [0.5, 0.6) is 11.5 Å². The van der Waals surface area contributed by atoms with Crippen LogP contribution in [0.15, 0.2) is 45.3 Å². The van der Waals surface area contributed by atoms with Gasteiger partial charge in [0.15, 0.2) is 0 Å². The van der Waals surface area contributed by atoms with Gasteiger partial charge in [0.1, 0.15) is 11.5 Å². The van der Waals surface area contributed by atoms with Crippen molar-refractivity contribution in [3.8, 4) is 11.5 Å². The largest absolute Gasteiger partial charge is 0.507 e. The zero-order valence-electron chi connectivity index (χ0n) is 12.7. The Morgan fingerprint density at radius 2 is 1.14 bits per heavy atom. The van der Waals surface area contributed by atoms with E-state index in [2.05, 4.69) is 57.8 Å². The van der Waals surface area contributed by atoms with Gasteiger partial charge in [0.2, 0.25) is 0 Å². The highest BCUT2D eigenvalue weighted by Crippen LogP contribution is 2.41. The van der Waals surface area contributed by atoms with E-state index >= 15 is 0 Å². The lowest BCUT2D eigenvalue weighted by Crippen LogP contribution is -2.10. The molecule has 0 bridgehead atoms. The first-order valence-electron chi connectivity index (χ1n) is 7.44. The molecule has 0 aromatic heterocycles. The summed E-state index contributed by atoms with van der Waals surface area (Å²) in [6, 6.07) is 11.6. The molecule has 2 N–H and O–H groups in total. The monoisotopic (exact) mass is 426 g/mol. The molecule has 0 aliphatic carbocycles. The number of hydrogen-bond acceptors (Lipinski definition) is 2. The lowest BCUT2D eigenvalue weighted by atomic mass is 9.78. The molecule has 0 fully saturated rings. The van der Waals surface area contributed by atoms with Gasteiger partial charge >= 0.3 is 0 Å². The normalized spacial score (nSPS) is 13.8. The Balaban J connectivity index is 2.41. The van der Waals surface area contributed by atoms with Crippen LogP contribution in [0.4, 0.5) is 0 Å². The van der Waals surface area contributed by atoms with Crippen LogP contribution in [-0.4, -0.2) is 10.2 Å². The van der Waals surface area contributed by atoms with Crippen molar-refractivity contribution in [2.75, 3.05) is 0 Å². The van der Waals surface area contributed by atoms with E-state index in [0.717, 1.165) is 24.0 Å². The molecule has 0 heterocycles. The molecule has 2 aromatic rings. The Labute approximate surface area is 148 Å². The second-order valence-electron chi connectivity index (χ2n) is 5.45. The van der Waals surface area contributed by atoms with Crippen molar-refractivity contribution in [1.29, 1.82) is 0 Å². The van der Waals surface area contributed by atoms with Crippen molar-refractivity contribution >= 4 is 31.9 Å². The molecule has 0 radical (unpaired) electrons. The highest BCUT2D eigenvalue weighted by molar-refractivity contribution is 9.10. The minimum atomic E-state index is 0.268. The van der Waals surface area contributed by atoms with E-state index in [4.69, 9.17) is 0 Å². The van der Waals surface area contributed by atoms with Crippen LogP contribution in [-0.2, 0) is 0 Å². The first-order valence-corrected chi connectivity index (χ1v) is 9.03. The molecule has 2 rings (SSSR count). The van der Waals surface area contributed by atoms with Crippen LogP contribution in [0, 0.1) is 0 Å². The van der Waals surface area contributed by atoms with Crippen molar-refractivity contribution in [2.24, 2.45) is 0 Å². The molecule has 2 atom stereocenters. The molecule has 2 nitrogen and oxygen atoms in total. The molecule has 0 saturated heterocycles. The second kappa shape index (κ2) is 7.51. The summed E-state index contributed by atoms with van der Waals surface area (Å²) in [4.78, 5) is 0. The van der Waals surface area contributed by atoms with Gasteiger partial charge in [0.25, 0.3) is 0 Å². The summed E-state index contributed by atoms with van der Waals surface area (Å²) in [6.45, 7) is 4.32. The van der Waals surface area contributed by atoms with Gasteiger partial charge in [-0.05, 0) is 91.9 Å². The molecule has 0 spiro atoms. The first kappa shape index (κ1) is 17.4. The third-order valence-electron chi connectivity index (χ3n) is 4.16. The molecule has 0 unspecified atom stereocenters. The van der Waals surface area contributed by atoms with E-state index in [1.165, 1.54) is 0 Å². The number of benzene rings is 2. The van der Waals surface area contributed by atoms with Crippen LogP contribution in [0.2, 0.25) is 0 Å². The predicted molar refractivity (Wildman–Crippen MR) is 97.7 cm³/mol. The minimum absolute atomic E-state index is 0.268. The van der Waals surface area contributed by atoms with E-state index in [1.807, 2.05) is 24.3 Å². The summed E-state index contributed by atoms with van der Waals surface area (Å²) < 4.78 is 1.42. The molecule has 0 saturated carbocycles. The number of phenols is 2. The molecule has 2 aromatic carbocycles. The van der Waals surface area contributed by atoms with Crippen LogP contribution in [0.1, 0.15) is 49.7 Å². The maximum atomic E-state index is 9.96. The number of halogens is 2. The van der Waals surface area contributed by atoms with Crippen molar-refractivity contribution in [3.05, 3.63) is 56.5 Å². The summed E-state index contributed by atoms with van der Waals surface area (Å²) >= 11 is 6.66. The number of aromatic hydroxyl groups is 2. The number of rotatable bonds is 5. The zero-order valence-corrected chi connectivity index (χ0v) is 15.9. The average molecular weight is 428 g/mol. The van der Waals surface area contributed by atoms with Gasteiger partial charge in [-0.25, -0.2) is 0 Å². The molecule has 118 valence electrons. The predicted octanol–water partition coefficient (Wildman–Crippen LogP) is 6.31. The summed E-state index contributed by atoms with van der Waals surface area (Å²) in [5.41, 5.74) is 2.25. The molecule has 0 aliphatic heterocycles. The SMILES string of the molecule is CC[C@H](c1ccc(Br)c(O)c1)[C@@H](CC)c1ccc(Br)c(O)c1. The number of phenolic OH excluding ortho intramolecular Hbond substituents is 2. The topological polar surface area (TPSA) is 40.5 Å². The lowest BCUT2D eigenvalue weighted by molar-refractivity contribution is 0.459. The summed E-state index contributed by atoms with van der Waals surface area (Å²) in [5, 5.41) is 19.9. The summed E-state index contributed by atoms with van der Waals surface area (Å²) in [7, 11) is 0. The van der Waals surface area contributed by atoms with E-state index in [-0.39, 0.29) is 11.5 Å². The molecular weight excluding hydrogens is 408 g/mol. The quantitative estimate of drug-likeness (QED) is 0.586. The van der Waals surface area contributed by atoms with Crippen LogP contribution < -0.4 is 0 Å². The van der Waals surface area contributed by atoms with Crippen LogP contribution in [0.25, 0.3) is 0 Å². The van der Waals surface area contributed by atoms with Gasteiger partial charge in [-0.1, -0.05) is 26.0 Å². The maximum absolute atomic E-state index is 9.96. The Morgan fingerprint density at radius 3 is 1.41 bits per heavy atom. The van der Waals surface area contributed by atoms with Crippen molar-refractivity contribution in [1.82, 2.24) is 0 Å². The fourth-order valence-electron chi connectivity index (χ4n) is 3.03. The Kier molecular flexibility index (Phi) is 5.93. The van der Waals surface area contributed by atoms with Crippen LogP contribution >= 0.6 is 31.9 Å². The Bertz CT molecular complexity index is 598. The minimum Gasteiger partial charge on any atom is -0.507 e. The fourth-order valence-corrected chi connectivity index (χ4v) is 3.52. The van der Waals surface area contributed by atoms with E-state index < -0.39 is 0 Å². The first-order chi connectivity index (χ1) is 10.5. The van der Waals surface area contributed by atoms with Crippen LogP contribution in [0.3, 0.4) is 0 Å². The summed E-state index contributed by atoms with van der Waals surface area (Å²) in [5.74, 6) is 1.13. The number of hydrogen-bond donors (Lipinski definition) is 2. The third kappa shape index (κ3) is 3.66. The molecule has 4 heteroatoms. The highest BCUT2D eigenvalue weighted by Gasteiger charge is 2.23. The molecular formula is C18H20Br2O2. The highest BCUT2D eigenvalue weighted by atomic mass is 79.9. The van der Waals surface area contributed by atoms with Gasteiger partial charge in [-0.15, -0.1) is 0 Å². The smallest absolute Gasteiger partial charge is 0.130 e. The molecule has 0 amide bonds. The van der Waals surface area contributed by atoms with Crippen molar-refractivity contribution in [2.45, 2.75) is 38.5 Å². The standard InChI is InChI=1S/C18H20Br2O2/c1-3-13(11-5-7-15(19)17(21)9-11)14(4-2)12-6-8-16(20)18(22)10-12/h5-10,13-14,21-22H,3-4H2,1-2H3/t13-,14+. The molecule has 22 heavy (non-hydrogen) atoms. The van der Waals surface area contributed by atoms with E-state index in [9.17, 15) is 10.2 Å². The summed E-state index contributed by atoms with van der Waals surface area (Å²) in [6.07, 6.45) is 1.94. The van der Waals surface area contributed by atoms with Gasteiger partial charge in [0, 0.05) is 0 Å². The average Bonchev–Trinajstić information content (AvgIpc) is 2.50. The van der Waals surface area contributed by atoms with E-state index in [1.54, 1.807) is 0 Å². The van der Waals surface area contributed by atoms with Crippen molar-refractivity contribution in [3.63, 3.8) is 0 Å². The maximum Gasteiger partial charge on any atom is 0.130 e. The second-order valence-corrected chi connectivity index (χ2v) is 7.16. The Morgan fingerprint density at radius 1 is 0.773 bits per heavy atom. The third-order valence-corrected chi connectivity index (χ3v) is 5.50. The van der Waals surface area contributed by atoms with E-state index in [0.29, 0.717) is 20.8 Å². The van der Waals surface area contributed by atoms with Gasteiger partial charge in [-0.3, -0.25) is 0 Å². The fraction of sp³-hybridized carbons (Fsp3) is 0.333. The Hall–Kier alpha value is -1.00.